The van der Waals surface area contributed by atoms with Gasteiger partial charge in [0, 0.05) is 38.9 Å². The second-order valence-corrected chi connectivity index (χ2v) is 14.5. The van der Waals surface area contributed by atoms with Crippen molar-refractivity contribution in [2.45, 2.75) is 39.0 Å². The quantitative estimate of drug-likeness (QED) is 0.175. The van der Waals surface area contributed by atoms with Crippen molar-refractivity contribution in [1.82, 2.24) is 4.57 Å². The van der Waals surface area contributed by atoms with Crippen molar-refractivity contribution in [2.75, 3.05) is 4.90 Å². The van der Waals surface area contributed by atoms with Gasteiger partial charge >= 0.3 is 0 Å². The highest BCUT2D eigenvalue weighted by atomic mass is 15.1. The summed E-state index contributed by atoms with van der Waals surface area (Å²) in [6.45, 7) is 9.26. The van der Waals surface area contributed by atoms with Crippen molar-refractivity contribution in [3.8, 4) is 27.9 Å². The van der Waals surface area contributed by atoms with Crippen LogP contribution < -0.4 is 4.90 Å². The Morgan fingerprint density at radius 2 is 1.10 bits per heavy atom. The number of aromatic nitrogens is 1. The van der Waals surface area contributed by atoms with Crippen LogP contribution in [0.5, 0.6) is 0 Å². The van der Waals surface area contributed by atoms with E-state index in [2.05, 4.69) is 201 Å². The molecule has 1 aromatic heterocycles. The van der Waals surface area contributed by atoms with Crippen molar-refractivity contribution in [3.63, 3.8) is 0 Å². The van der Waals surface area contributed by atoms with Gasteiger partial charge in [-0.2, -0.15) is 0 Å². The molecule has 0 atom stereocenters. The van der Waals surface area contributed by atoms with E-state index in [0.29, 0.717) is 5.92 Å². The Bertz CT molecular complexity index is 2500. The molecule has 0 fully saturated rings. The van der Waals surface area contributed by atoms with Gasteiger partial charge in [0.2, 0.25) is 0 Å². The second kappa shape index (κ2) is 11.6. The minimum absolute atomic E-state index is 0.0361. The molecule has 1 aliphatic carbocycles. The van der Waals surface area contributed by atoms with E-state index in [-0.39, 0.29) is 5.41 Å². The van der Waals surface area contributed by atoms with Crippen LogP contribution in [0.1, 0.15) is 50.3 Å². The highest BCUT2D eigenvalue weighted by molar-refractivity contribution is 6.11. The molecule has 0 saturated heterocycles. The fourth-order valence-corrected chi connectivity index (χ4v) is 8.12. The van der Waals surface area contributed by atoms with Gasteiger partial charge in [-0.15, -0.1) is 0 Å². The molecule has 1 aliphatic rings. The van der Waals surface area contributed by atoms with Crippen LogP contribution in [0.25, 0.3) is 49.7 Å². The maximum absolute atomic E-state index is 2.45. The lowest BCUT2D eigenvalue weighted by atomic mass is 9.81. The van der Waals surface area contributed by atoms with Crippen molar-refractivity contribution >= 4 is 38.9 Å². The van der Waals surface area contributed by atoms with E-state index in [0.717, 1.165) is 17.1 Å². The molecule has 0 bridgehead atoms. The fraction of sp³-hybridized carbons (Fsp3) is 0.125. The number of benzene rings is 7. The molecular formula is C48H40N2. The van der Waals surface area contributed by atoms with E-state index in [4.69, 9.17) is 0 Å². The lowest BCUT2D eigenvalue weighted by Gasteiger charge is -2.25. The Balaban J connectivity index is 1.21. The molecule has 0 amide bonds. The van der Waals surface area contributed by atoms with E-state index in [9.17, 15) is 0 Å². The van der Waals surface area contributed by atoms with Crippen molar-refractivity contribution in [1.29, 1.82) is 0 Å². The maximum atomic E-state index is 2.45. The second-order valence-electron chi connectivity index (χ2n) is 14.5. The molecule has 9 rings (SSSR count). The average molecular weight is 645 g/mol. The zero-order valence-electron chi connectivity index (χ0n) is 29.1. The molecule has 242 valence electrons. The normalized spacial score (nSPS) is 13.1. The Morgan fingerprint density at radius 3 is 1.82 bits per heavy atom. The Morgan fingerprint density at radius 1 is 0.480 bits per heavy atom. The Labute approximate surface area is 294 Å². The molecule has 0 spiro atoms. The van der Waals surface area contributed by atoms with Crippen LogP contribution in [-0.2, 0) is 5.41 Å². The Hall–Kier alpha value is -5.86. The predicted octanol–water partition coefficient (Wildman–Crippen LogP) is 13.4. The van der Waals surface area contributed by atoms with E-state index in [1.165, 1.54) is 66.4 Å². The minimum atomic E-state index is -0.0361. The zero-order chi connectivity index (χ0) is 34.0. The molecule has 0 radical (unpaired) electrons. The van der Waals surface area contributed by atoms with Gasteiger partial charge in [0.1, 0.15) is 0 Å². The summed E-state index contributed by atoms with van der Waals surface area (Å²) in [5, 5.41) is 2.52. The third kappa shape index (κ3) is 4.78. The molecule has 0 aliphatic heterocycles. The number of para-hydroxylation sites is 2. The third-order valence-electron chi connectivity index (χ3n) is 10.7. The first kappa shape index (κ1) is 30.2. The summed E-state index contributed by atoms with van der Waals surface area (Å²) >= 11 is 0. The van der Waals surface area contributed by atoms with Crippen molar-refractivity contribution < 1.29 is 0 Å². The summed E-state index contributed by atoms with van der Waals surface area (Å²) in [6, 6.07) is 60.3. The van der Waals surface area contributed by atoms with E-state index < -0.39 is 0 Å². The number of hydrogen-bond donors (Lipinski definition) is 0. The molecule has 0 unspecified atom stereocenters. The molecular weight excluding hydrogens is 605 g/mol. The summed E-state index contributed by atoms with van der Waals surface area (Å²) < 4.78 is 2.45. The van der Waals surface area contributed by atoms with Gasteiger partial charge in [-0.25, -0.2) is 0 Å². The monoisotopic (exact) mass is 644 g/mol. The van der Waals surface area contributed by atoms with Crippen molar-refractivity contribution in [2.24, 2.45) is 0 Å². The summed E-state index contributed by atoms with van der Waals surface area (Å²) in [7, 11) is 0. The van der Waals surface area contributed by atoms with Gasteiger partial charge in [0.05, 0.1) is 11.0 Å². The largest absolute Gasteiger partial charge is 0.310 e. The zero-order valence-corrected chi connectivity index (χ0v) is 29.1. The van der Waals surface area contributed by atoms with Crippen LogP contribution in [0.15, 0.2) is 164 Å². The highest BCUT2D eigenvalue weighted by Gasteiger charge is 2.35. The van der Waals surface area contributed by atoms with Gasteiger partial charge in [-0.1, -0.05) is 119 Å². The number of nitrogens with zero attached hydrogens (tertiary/aromatic N) is 2. The smallest absolute Gasteiger partial charge is 0.0542 e. The summed E-state index contributed by atoms with van der Waals surface area (Å²) in [6.07, 6.45) is 0. The Kier molecular flexibility index (Phi) is 7.03. The lowest BCUT2D eigenvalue weighted by Crippen LogP contribution is -2.14. The first-order valence-corrected chi connectivity index (χ1v) is 17.7. The predicted molar refractivity (Wildman–Crippen MR) is 213 cm³/mol. The molecule has 0 saturated carbocycles. The molecule has 2 heteroatoms. The third-order valence-corrected chi connectivity index (χ3v) is 10.7. The van der Waals surface area contributed by atoms with Crippen molar-refractivity contribution in [3.05, 3.63) is 180 Å². The van der Waals surface area contributed by atoms with E-state index in [1.807, 2.05) is 0 Å². The minimum Gasteiger partial charge on any atom is -0.310 e. The first-order chi connectivity index (χ1) is 24.4. The molecule has 1 heterocycles. The fourth-order valence-electron chi connectivity index (χ4n) is 8.12. The van der Waals surface area contributed by atoms with Crippen LogP contribution in [0.2, 0.25) is 0 Å². The number of hydrogen-bond acceptors (Lipinski definition) is 1. The van der Waals surface area contributed by atoms with Gasteiger partial charge in [0.15, 0.2) is 0 Å². The van der Waals surface area contributed by atoms with Gasteiger partial charge in [0.25, 0.3) is 0 Å². The molecule has 8 aromatic rings. The number of anilines is 3. The number of rotatable bonds is 6. The van der Waals surface area contributed by atoms with Crippen LogP contribution in [0.3, 0.4) is 0 Å². The SMILES string of the molecule is CC(C)c1ccc2c(c1)c1cc(N(c3ccccc3)c3ccccc3)ccc1n2-c1cccc(-c2ccc3c(c2)C(C)(C)c2ccccc2-3)c1. The molecule has 2 nitrogen and oxygen atoms in total. The van der Waals surface area contributed by atoms with E-state index >= 15 is 0 Å². The summed E-state index contributed by atoms with van der Waals surface area (Å²) in [5.74, 6) is 0.435. The standard InChI is InChI=1S/C48H40N2/c1-32(2)33-23-26-46-42(29-33)43-31-39(49(36-15-7-5-8-16-36)37-17-9-6-10-18-37)24-27-47(43)50(46)38-19-13-14-34(28-38)35-22-25-41-40-20-11-12-21-44(40)48(3,4)45(41)30-35/h5-32H,1-4H3. The van der Waals surface area contributed by atoms with Crippen LogP contribution in [0, 0.1) is 0 Å². The summed E-state index contributed by atoms with van der Waals surface area (Å²) in [5.41, 5.74) is 16.3. The maximum Gasteiger partial charge on any atom is 0.0542 e. The van der Waals surface area contributed by atoms with Crippen LogP contribution in [-0.4, -0.2) is 4.57 Å². The first-order valence-electron chi connectivity index (χ1n) is 17.7. The average Bonchev–Trinajstić information content (AvgIpc) is 3.60. The van der Waals surface area contributed by atoms with Gasteiger partial charge < -0.3 is 9.47 Å². The number of fused-ring (bicyclic) bond motifs is 6. The highest BCUT2D eigenvalue weighted by Crippen LogP contribution is 2.49. The molecule has 50 heavy (non-hydrogen) atoms. The van der Waals surface area contributed by atoms with E-state index in [1.54, 1.807) is 0 Å². The van der Waals surface area contributed by atoms with Crippen LogP contribution >= 0.6 is 0 Å². The van der Waals surface area contributed by atoms with Gasteiger partial charge in [-0.3, -0.25) is 0 Å². The van der Waals surface area contributed by atoms with Gasteiger partial charge in [-0.05, 0) is 118 Å². The summed E-state index contributed by atoms with van der Waals surface area (Å²) in [4.78, 5) is 2.35. The molecule has 0 N–H and O–H groups in total. The van der Waals surface area contributed by atoms with Crippen LogP contribution in [0.4, 0.5) is 17.1 Å². The molecule has 7 aromatic carbocycles. The lowest BCUT2D eigenvalue weighted by molar-refractivity contribution is 0.660. The topological polar surface area (TPSA) is 8.17 Å².